The summed E-state index contributed by atoms with van der Waals surface area (Å²) in [5.74, 6) is 2.33. The molecule has 2 aromatic heterocycles. The minimum Gasteiger partial charge on any atom is -0.493 e. The minimum atomic E-state index is 0.345. The van der Waals surface area contributed by atoms with E-state index in [1.165, 1.54) is 0 Å². The van der Waals surface area contributed by atoms with Crippen LogP contribution in [0, 0.1) is 6.92 Å². The van der Waals surface area contributed by atoms with Gasteiger partial charge in [-0.05, 0) is 32.0 Å². The number of hydrogen-bond acceptors (Lipinski definition) is 6. The summed E-state index contributed by atoms with van der Waals surface area (Å²) in [6.45, 7) is 4.20. The summed E-state index contributed by atoms with van der Waals surface area (Å²) in [7, 11) is 3.18. The second-order valence-corrected chi connectivity index (χ2v) is 5.65. The molecule has 25 heavy (non-hydrogen) atoms. The molecule has 0 unspecified atom stereocenters. The molecule has 0 N–H and O–H groups in total. The number of nitrogens with zero attached hydrogens (tertiary/aromatic N) is 3. The number of fused-ring (bicyclic) bond motifs is 1. The Bertz CT molecular complexity index is 926. The van der Waals surface area contributed by atoms with Gasteiger partial charge in [0, 0.05) is 11.6 Å². The van der Waals surface area contributed by atoms with Crippen molar-refractivity contribution in [3.63, 3.8) is 0 Å². The van der Waals surface area contributed by atoms with Crippen LogP contribution in [-0.2, 0) is 0 Å². The third-order valence-electron chi connectivity index (χ3n) is 3.66. The first-order valence-corrected chi connectivity index (χ1v) is 8.15. The van der Waals surface area contributed by atoms with E-state index in [9.17, 15) is 0 Å². The van der Waals surface area contributed by atoms with Crippen molar-refractivity contribution >= 4 is 22.5 Å². The number of aromatic nitrogens is 3. The average Bonchev–Trinajstić information content (AvgIpc) is 2.60. The molecule has 0 aliphatic rings. The highest BCUT2D eigenvalue weighted by Gasteiger charge is 2.17. The monoisotopic (exact) mass is 359 g/mol. The van der Waals surface area contributed by atoms with Crippen LogP contribution in [0.4, 0.5) is 0 Å². The van der Waals surface area contributed by atoms with Gasteiger partial charge in [0.25, 0.3) is 0 Å². The summed E-state index contributed by atoms with van der Waals surface area (Å²) in [6, 6.07) is 7.25. The molecule has 0 radical (unpaired) electrons. The molecule has 0 aliphatic carbocycles. The van der Waals surface area contributed by atoms with E-state index in [1.54, 1.807) is 20.3 Å². The summed E-state index contributed by atoms with van der Waals surface area (Å²) in [6.07, 6.45) is 0. The van der Waals surface area contributed by atoms with Crippen LogP contribution in [0.15, 0.2) is 24.3 Å². The first-order valence-electron chi connectivity index (χ1n) is 7.77. The van der Waals surface area contributed by atoms with Gasteiger partial charge in [0.15, 0.2) is 11.5 Å². The summed E-state index contributed by atoms with van der Waals surface area (Å²) in [5.41, 5.74) is 2.12. The van der Waals surface area contributed by atoms with Crippen LogP contribution in [0.2, 0.25) is 5.15 Å². The highest BCUT2D eigenvalue weighted by molar-refractivity contribution is 6.30. The molecule has 0 spiro atoms. The number of aryl methyl sites for hydroxylation is 1. The van der Waals surface area contributed by atoms with Crippen molar-refractivity contribution in [2.75, 3.05) is 20.8 Å². The predicted molar refractivity (Wildman–Crippen MR) is 96.8 cm³/mol. The van der Waals surface area contributed by atoms with Gasteiger partial charge in [-0.25, -0.2) is 9.97 Å². The maximum atomic E-state index is 6.22. The van der Waals surface area contributed by atoms with Crippen LogP contribution in [-0.4, -0.2) is 35.8 Å². The number of halogens is 1. The topological polar surface area (TPSA) is 66.4 Å². The molecule has 0 saturated carbocycles. The van der Waals surface area contributed by atoms with Gasteiger partial charge < -0.3 is 14.2 Å². The zero-order valence-corrected chi connectivity index (χ0v) is 15.2. The molecule has 3 aromatic rings. The zero-order valence-electron chi connectivity index (χ0n) is 14.5. The predicted octanol–water partition coefficient (Wildman–Crippen LogP) is 4.07. The fourth-order valence-electron chi connectivity index (χ4n) is 2.64. The van der Waals surface area contributed by atoms with Crippen LogP contribution < -0.4 is 14.2 Å². The fourth-order valence-corrected chi connectivity index (χ4v) is 2.82. The smallest absolute Gasteiger partial charge is 0.226 e. The van der Waals surface area contributed by atoms with Gasteiger partial charge in [0.1, 0.15) is 11.0 Å². The standard InChI is InChI=1S/C18H18ClN3O3/c1-5-25-18-16-12(20-10(2)21-18)9-15(19)22-17(16)11-6-7-13(23-3)14(8-11)24-4/h6-9H,5H2,1-4H3. The summed E-state index contributed by atoms with van der Waals surface area (Å²) in [4.78, 5) is 13.4. The molecule has 0 atom stereocenters. The van der Waals surface area contributed by atoms with Crippen molar-refractivity contribution in [2.45, 2.75) is 13.8 Å². The van der Waals surface area contributed by atoms with Gasteiger partial charge in [-0.3, -0.25) is 0 Å². The second-order valence-electron chi connectivity index (χ2n) is 5.27. The Morgan fingerprint density at radius 3 is 2.44 bits per heavy atom. The first kappa shape index (κ1) is 17.2. The lowest BCUT2D eigenvalue weighted by molar-refractivity contribution is 0.330. The minimum absolute atomic E-state index is 0.345. The summed E-state index contributed by atoms with van der Waals surface area (Å²) < 4.78 is 16.4. The Morgan fingerprint density at radius 2 is 1.76 bits per heavy atom. The van der Waals surface area contributed by atoms with Gasteiger partial charge >= 0.3 is 0 Å². The van der Waals surface area contributed by atoms with E-state index < -0.39 is 0 Å². The Balaban J connectivity index is 2.32. The van der Waals surface area contributed by atoms with Crippen LogP contribution in [0.25, 0.3) is 22.2 Å². The highest BCUT2D eigenvalue weighted by Crippen LogP contribution is 2.37. The van der Waals surface area contributed by atoms with E-state index in [4.69, 9.17) is 25.8 Å². The SMILES string of the molecule is CCOc1nc(C)nc2cc(Cl)nc(-c3ccc(OC)c(OC)c3)c12. The van der Waals surface area contributed by atoms with Crippen molar-refractivity contribution in [1.29, 1.82) is 0 Å². The molecule has 2 heterocycles. The molecule has 0 saturated heterocycles. The van der Waals surface area contributed by atoms with Crippen molar-refractivity contribution in [2.24, 2.45) is 0 Å². The number of ether oxygens (including phenoxy) is 3. The lowest BCUT2D eigenvalue weighted by atomic mass is 10.1. The second kappa shape index (κ2) is 7.11. The van der Waals surface area contributed by atoms with Gasteiger partial charge in [0.2, 0.25) is 5.88 Å². The molecule has 6 nitrogen and oxygen atoms in total. The van der Waals surface area contributed by atoms with Gasteiger partial charge in [-0.1, -0.05) is 11.6 Å². The number of pyridine rings is 1. The molecular weight excluding hydrogens is 342 g/mol. The van der Waals surface area contributed by atoms with Gasteiger partial charge in [-0.15, -0.1) is 0 Å². The van der Waals surface area contributed by atoms with Crippen molar-refractivity contribution in [1.82, 2.24) is 15.0 Å². The maximum Gasteiger partial charge on any atom is 0.226 e. The van der Waals surface area contributed by atoms with Crippen molar-refractivity contribution < 1.29 is 14.2 Å². The molecule has 1 aromatic carbocycles. The van der Waals surface area contributed by atoms with Gasteiger partial charge in [0.05, 0.1) is 37.4 Å². The van der Waals surface area contributed by atoms with E-state index in [0.29, 0.717) is 51.6 Å². The molecular formula is C18H18ClN3O3. The molecule has 0 aliphatic heterocycles. The largest absolute Gasteiger partial charge is 0.493 e. The first-order chi connectivity index (χ1) is 12.1. The Morgan fingerprint density at radius 1 is 1.00 bits per heavy atom. The molecule has 3 rings (SSSR count). The molecule has 0 amide bonds. The van der Waals surface area contributed by atoms with Crippen LogP contribution in [0.3, 0.4) is 0 Å². The van der Waals surface area contributed by atoms with E-state index in [2.05, 4.69) is 15.0 Å². The highest BCUT2D eigenvalue weighted by atomic mass is 35.5. The van der Waals surface area contributed by atoms with Crippen LogP contribution >= 0.6 is 11.6 Å². The number of rotatable bonds is 5. The van der Waals surface area contributed by atoms with E-state index in [-0.39, 0.29) is 0 Å². The number of hydrogen-bond donors (Lipinski definition) is 0. The average molecular weight is 360 g/mol. The van der Waals surface area contributed by atoms with E-state index >= 15 is 0 Å². The third-order valence-corrected chi connectivity index (χ3v) is 3.86. The summed E-state index contributed by atoms with van der Waals surface area (Å²) >= 11 is 6.22. The lowest BCUT2D eigenvalue weighted by Gasteiger charge is -2.13. The van der Waals surface area contributed by atoms with E-state index in [0.717, 1.165) is 5.56 Å². The fraction of sp³-hybridized carbons (Fsp3) is 0.278. The molecule has 0 fully saturated rings. The normalized spacial score (nSPS) is 10.8. The third kappa shape index (κ3) is 3.30. The number of benzene rings is 1. The Labute approximate surface area is 150 Å². The van der Waals surface area contributed by atoms with Crippen molar-refractivity contribution in [3.8, 4) is 28.6 Å². The van der Waals surface area contributed by atoms with Gasteiger partial charge in [-0.2, -0.15) is 4.98 Å². The lowest BCUT2D eigenvalue weighted by Crippen LogP contribution is -2.02. The van der Waals surface area contributed by atoms with E-state index in [1.807, 2.05) is 32.0 Å². The van der Waals surface area contributed by atoms with Crippen molar-refractivity contribution in [3.05, 3.63) is 35.2 Å². The zero-order chi connectivity index (χ0) is 18.0. The molecule has 0 bridgehead atoms. The van der Waals surface area contributed by atoms with Crippen LogP contribution in [0.1, 0.15) is 12.7 Å². The van der Waals surface area contributed by atoms with Crippen LogP contribution in [0.5, 0.6) is 17.4 Å². The molecule has 7 heteroatoms. The number of methoxy groups -OCH3 is 2. The maximum absolute atomic E-state index is 6.22. The Hall–Kier alpha value is -2.60. The quantitative estimate of drug-likeness (QED) is 0.640. The Kier molecular flexibility index (Phi) is 4.90. The summed E-state index contributed by atoms with van der Waals surface area (Å²) in [5, 5.41) is 1.06. The molecule has 130 valence electrons.